The van der Waals surface area contributed by atoms with Gasteiger partial charge in [-0.2, -0.15) is 0 Å². The van der Waals surface area contributed by atoms with Crippen molar-refractivity contribution in [2.45, 2.75) is 45.6 Å². The SMILES string of the molecule is CC(C)C(=O)N1CCCC(C)(O)CC1. The van der Waals surface area contributed by atoms with Gasteiger partial charge in [0.2, 0.25) is 5.91 Å². The number of nitrogens with zero attached hydrogens (tertiary/aromatic N) is 1. The van der Waals surface area contributed by atoms with Crippen molar-refractivity contribution >= 4 is 5.91 Å². The van der Waals surface area contributed by atoms with Gasteiger partial charge in [-0.05, 0) is 26.2 Å². The van der Waals surface area contributed by atoms with Crippen molar-refractivity contribution in [2.24, 2.45) is 5.92 Å². The molecule has 0 aromatic rings. The van der Waals surface area contributed by atoms with E-state index >= 15 is 0 Å². The normalized spacial score (nSPS) is 29.1. The first kappa shape index (κ1) is 11.5. The van der Waals surface area contributed by atoms with E-state index in [0.29, 0.717) is 13.0 Å². The topological polar surface area (TPSA) is 40.5 Å². The van der Waals surface area contributed by atoms with Gasteiger partial charge in [0.15, 0.2) is 0 Å². The Balaban J connectivity index is 2.54. The van der Waals surface area contributed by atoms with Crippen LogP contribution in [0, 0.1) is 5.92 Å². The zero-order chi connectivity index (χ0) is 10.8. The quantitative estimate of drug-likeness (QED) is 0.693. The summed E-state index contributed by atoms with van der Waals surface area (Å²) < 4.78 is 0. The van der Waals surface area contributed by atoms with Crippen LogP contribution in [0.5, 0.6) is 0 Å². The van der Waals surface area contributed by atoms with Gasteiger partial charge < -0.3 is 10.0 Å². The van der Waals surface area contributed by atoms with Crippen molar-refractivity contribution in [1.29, 1.82) is 0 Å². The van der Waals surface area contributed by atoms with Gasteiger partial charge in [0, 0.05) is 19.0 Å². The smallest absolute Gasteiger partial charge is 0.225 e. The van der Waals surface area contributed by atoms with Crippen LogP contribution in [0.2, 0.25) is 0 Å². The van der Waals surface area contributed by atoms with E-state index in [1.54, 1.807) is 0 Å². The molecule has 1 rings (SSSR count). The summed E-state index contributed by atoms with van der Waals surface area (Å²) >= 11 is 0. The van der Waals surface area contributed by atoms with Crippen LogP contribution >= 0.6 is 0 Å². The van der Waals surface area contributed by atoms with Gasteiger partial charge in [-0.1, -0.05) is 13.8 Å². The molecule has 1 unspecified atom stereocenters. The number of carbonyl (C=O) groups excluding carboxylic acids is 1. The minimum absolute atomic E-state index is 0.0676. The molecule has 0 saturated carbocycles. The standard InChI is InChI=1S/C11H21NO2/c1-9(2)10(13)12-7-4-5-11(3,14)6-8-12/h9,14H,4-8H2,1-3H3. The molecule has 1 heterocycles. The predicted molar refractivity (Wildman–Crippen MR) is 55.9 cm³/mol. The molecule has 1 atom stereocenters. The van der Waals surface area contributed by atoms with Crippen LogP contribution in [0.1, 0.15) is 40.0 Å². The van der Waals surface area contributed by atoms with E-state index in [4.69, 9.17) is 0 Å². The molecule has 1 aliphatic heterocycles. The summed E-state index contributed by atoms with van der Waals surface area (Å²) in [5.74, 6) is 0.278. The average Bonchev–Trinajstić information content (AvgIpc) is 2.25. The summed E-state index contributed by atoms with van der Waals surface area (Å²) in [6.45, 7) is 7.20. The summed E-state index contributed by atoms with van der Waals surface area (Å²) in [5, 5.41) is 9.85. The van der Waals surface area contributed by atoms with E-state index in [0.717, 1.165) is 19.4 Å². The Kier molecular flexibility index (Phi) is 3.53. The number of amides is 1. The third kappa shape index (κ3) is 2.98. The maximum absolute atomic E-state index is 11.7. The van der Waals surface area contributed by atoms with Gasteiger partial charge in [-0.3, -0.25) is 4.79 Å². The second kappa shape index (κ2) is 4.30. The second-order valence-corrected chi connectivity index (χ2v) is 4.83. The summed E-state index contributed by atoms with van der Waals surface area (Å²) in [6.07, 6.45) is 2.41. The van der Waals surface area contributed by atoms with Gasteiger partial charge in [-0.25, -0.2) is 0 Å². The fraction of sp³-hybridized carbons (Fsp3) is 0.909. The highest BCUT2D eigenvalue weighted by Gasteiger charge is 2.27. The fourth-order valence-electron chi connectivity index (χ4n) is 1.85. The third-order valence-electron chi connectivity index (χ3n) is 2.87. The third-order valence-corrected chi connectivity index (χ3v) is 2.87. The van der Waals surface area contributed by atoms with Crippen molar-refractivity contribution in [3.05, 3.63) is 0 Å². The minimum Gasteiger partial charge on any atom is -0.390 e. The lowest BCUT2D eigenvalue weighted by Crippen LogP contribution is -2.36. The Labute approximate surface area is 86.1 Å². The lowest BCUT2D eigenvalue weighted by molar-refractivity contribution is -0.134. The molecule has 0 aromatic carbocycles. The molecule has 3 nitrogen and oxygen atoms in total. The van der Waals surface area contributed by atoms with Gasteiger partial charge in [-0.15, -0.1) is 0 Å². The Morgan fingerprint density at radius 3 is 2.57 bits per heavy atom. The van der Waals surface area contributed by atoms with Crippen molar-refractivity contribution in [2.75, 3.05) is 13.1 Å². The Bertz CT molecular complexity index is 211. The van der Waals surface area contributed by atoms with Crippen LogP contribution in [0.25, 0.3) is 0 Å². The molecule has 82 valence electrons. The van der Waals surface area contributed by atoms with Crippen LogP contribution in [-0.2, 0) is 4.79 Å². The number of likely N-dealkylation sites (tertiary alicyclic amines) is 1. The molecule has 0 bridgehead atoms. The monoisotopic (exact) mass is 199 g/mol. The second-order valence-electron chi connectivity index (χ2n) is 4.83. The zero-order valence-electron chi connectivity index (χ0n) is 9.42. The summed E-state index contributed by atoms with van der Waals surface area (Å²) in [4.78, 5) is 13.6. The van der Waals surface area contributed by atoms with Crippen molar-refractivity contribution in [3.8, 4) is 0 Å². The highest BCUT2D eigenvalue weighted by atomic mass is 16.3. The Morgan fingerprint density at radius 2 is 2.00 bits per heavy atom. The summed E-state index contributed by atoms with van der Waals surface area (Å²) in [7, 11) is 0. The van der Waals surface area contributed by atoms with E-state index < -0.39 is 5.60 Å². The first-order chi connectivity index (χ1) is 6.42. The van der Waals surface area contributed by atoms with Crippen molar-refractivity contribution in [1.82, 2.24) is 4.90 Å². The first-order valence-corrected chi connectivity index (χ1v) is 5.43. The molecular formula is C11H21NO2. The first-order valence-electron chi connectivity index (χ1n) is 5.43. The van der Waals surface area contributed by atoms with E-state index in [-0.39, 0.29) is 11.8 Å². The Morgan fingerprint density at radius 1 is 1.36 bits per heavy atom. The highest BCUT2D eigenvalue weighted by Crippen LogP contribution is 2.22. The van der Waals surface area contributed by atoms with E-state index in [2.05, 4.69) is 0 Å². The molecule has 3 heteroatoms. The lowest BCUT2D eigenvalue weighted by Gasteiger charge is -2.23. The molecule has 0 radical (unpaired) electrons. The number of hydrogen-bond acceptors (Lipinski definition) is 2. The number of aliphatic hydroxyl groups is 1. The van der Waals surface area contributed by atoms with Crippen LogP contribution < -0.4 is 0 Å². The largest absolute Gasteiger partial charge is 0.390 e. The van der Waals surface area contributed by atoms with Crippen molar-refractivity contribution in [3.63, 3.8) is 0 Å². The van der Waals surface area contributed by atoms with Crippen LogP contribution in [-0.4, -0.2) is 34.6 Å². The zero-order valence-corrected chi connectivity index (χ0v) is 9.42. The molecule has 1 saturated heterocycles. The molecule has 0 spiro atoms. The van der Waals surface area contributed by atoms with Crippen LogP contribution in [0.4, 0.5) is 0 Å². The molecule has 1 aliphatic rings. The number of rotatable bonds is 1. The molecule has 1 fully saturated rings. The number of carbonyl (C=O) groups is 1. The average molecular weight is 199 g/mol. The molecular weight excluding hydrogens is 178 g/mol. The summed E-state index contributed by atoms with van der Waals surface area (Å²) in [6, 6.07) is 0. The minimum atomic E-state index is -0.577. The summed E-state index contributed by atoms with van der Waals surface area (Å²) in [5.41, 5.74) is -0.577. The van der Waals surface area contributed by atoms with E-state index in [1.165, 1.54) is 0 Å². The fourth-order valence-corrected chi connectivity index (χ4v) is 1.85. The van der Waals surface area contributed by atoms with E-state index in [1.807, 2.05) is 25.7 Å². The van der Waals surface area contributed by atoms with Crippen LogP contribution in [0.15, 0.2) is 0 Å². The maximum Gasteiger partial charge on any atom is 0.225 e. The van der Waals surface area contributed by atoms with Crippen LogP contribution in [0.3, 0.4) is 0 Å². The predicted octanol–water partition coefficient (Wildman–Crippen LogP) is 1.41. The van der Waals surface area contributed by atoms with E-state index in [9.17, 15) is 9.90 Å². The number of hydrogen-bond donors (Lipinski definition) is 1. The lowest BCUT2D eigenvalue weighted by atomic mass is 9.98. The highest BCUT2D eigenvalue weighted by molar-refractivity contribution is 5.78. The molecule has 1 amide bonds. The molecule has 1 N–H and O–H groups in total. The van der Waals surface area contributed by atoms with Gasteiger partial charge in [0.25, 0.3) is 0 Å². The van der Waals surface area contributed by atoms with Gasteiger partial charge >= 0.3 is 0 Å². The molecule has 0 aromatic heterocycles. The molecule has 0 aliphatic carbocycles. The Hall–Kier alpha value is -0.570. The maximum atomic E-state index is 11.7. The van der Waals surface area contributed by atoms with Crippen molar-refractivity contribution < 1.29 is 9.90 Å². The van der Waals surface area contributed by atoms with Gasteiger partial charge in [0.1, 0.15) is 0 Å². The van der Waals surface area contributed by atoms with Gasteiger partial charge in [0.05, 0.1) is 5.60 Å². The molecule has 14 heavy (non-hydrogen) atoms.